The molecule has 0 bridgehead atoms. The molecule has 5 heteroatoms. The van der Waals surface area contributed by atoms with Gasteiger partial charge in [0.25, 0.3) is 0 Å². The zero-order valence-electron chi connectivity index (χ0n) is 14.5. The van der Waals surface area contributed by atoms with Crippen LogP contribution in [0.4, 0.5) is 0 Å². The van der Waals surface area contributed by atoms with E-state index in [4.69, 9.17) is 0 Å². The third-order valence-electron chi connectivity index (χ3n) is 3.53. The Hall–Kier alpha value is -1.10. The summed E-state index contributed by atoms with van der Waals surface area (Å²) in [5.74, 6) is 0.0660. The van der Waals surface area contributed by atoms with Crippen molar-refractivity contribution in [3.63, 3.8) is 0 Å². The van der Waals surface area contributed by atoms with Crippen molar-refractivity contribution >= 4 is 11.9 Å². The van der Waals surface area contributed by atoms with Crippen molar-refractivity contribution in [3.05, 3.63) is 0 Å². The highest BCUT2D eigenvalue weighted by Crippen LogP contribution is 2.11. The fraction of sp³-hybridized carbons (Fsp3) is 0.875. The molecule has 0 saturated carbocycles. The second kappa shape index (κ2) is 9.77. The van der Waals surface area contributed by atoms with Crippen molar-refractivity contribution in [3.8, 4) is 0 Å². The molecule has 0 saturated heterocycles. The minimum atomic E-state index is -0.363. The molecule has 0 spiro atoms. The Kier molecular flexibility index (Phi) is 9.26. The third-order valence-corrected chi connectivity index (χ3v) is 3.53. The van der Waals surface area contributed by atoms with Crippen LogP contribution in [0.25, 0.3) is 0 Å². The van der Waals surface area contributed by atoms with Gasteiger partial charge in [-0.1, -0.05) is 26.7 Å². The first-order valence-electron chi connectivity index (χ1n) is 7.83. The quantitative estimate of drug-likeness (QED) is 0.663. The smallest absolute Gasteiger partial charge is 0.325 e. The van der Waals surface area contributed by atoms with E-state index in [0.29, 0.717) is 25.4 Å². The Morgan fingerprint density at radius 3 is 2.19 bits per heavy atom. The van der Waals surface area contributed by atoms with Crippen LogP contribution in [0, 0.1) is 5.92 Å². The fourth-order valence-electron chi connectivity index (χ4n) is 2.04. The highest BCUT2D eigenvalue weighted by molar-refractivity contribution is 5.82. The van der Waals surface area contributed by atoms with Gasteiger partial charge in [0.1, 0.15) is 6.54 Å². The van der Waals surface area contributed by atoms with Gasteiger partial charge in [-0.25, -0.2) is 0 Å². The monoisotopic (exact) mass is 300 g/mol. The SMILES string of the molecule is CCC(CC)CN(CC(=O)OC)C(=O)CCNC(C)(C)C. The van der Waals surface area contributed by atoms with Crippen LogP contribution in [0.5, 0.6) is 0 Å². The Morgan fingerprint density at radius 1 is 1.19 bits per heavy atom. The Labute approximate surface area is 129 Å². The lowest BCUT2D eigenvalue weighted by Gasteiger charge is -2.27. The predicted octanol–water partition coefficient (Wildman–Crippen LogP) is 2.20. The first-order valence-corrected chi connectivity index (χ1v) is 7.83. The summed E-state index contributed by atoms with van der Waals surface area (Å²) in [6.45, 7) is 11.7. The molecule has 1 amide bonds. The Bertz CT molecular complexity index is 320. The number of methoxy groups -OCH3 is 1. The second-order valence-corrected chi connectivity index (χ2v) is 6.46. The number of nitrogens with one attached hydrogen (secondary N) is 1. The van der Waals surface area contributed by atoms with Gasteiger partial charge >= 0.3 is 5.97 Å². The van der Waals surface area contributed by atoms with E-state index < -0.39 is 0 Å². The van der Waals surface area contributed by atoms with Crippen LogP contribution in [-0.2, 0) is 14.3 Å². The minimum Gasteiger partial charge on any atom is -0.468 e. The average molecular weight is 300 g/mol. The summed E-state index contributed by atoms with van der Waals surface area (Å²) in [5, 5.41) is 3.29. The number of amides is 1. The van der Waals surface area contributed by atoms with Crippen LogP contribution in [-0.4, -0.2) is 49.1 Å². The third kappa shape index (κ3) is 9.45. The molecule has 0 aromatic carbocycles. The second-order valence-electron chi connectivity index (χ2n) is 6.46. The zero-order valence-corrected chi connectivity index (χ0v) is 14.5. The summed E-state index contributed by atoms with van der Waals surface area (Å²) in [7, 11) is 1.35. The van der Waals surface area contributed by atoms with Gasteiger partial charge in [-0.3, -0.25) is 9.59 Å². The molecule has 0 aliphatic carbocycles. The summed E-state index contributed by atoms with van der Waals surface area (Å²) in [6, 6.07) is 0. The molecule has 1 N–H and O–H groups in total. The summed E-state index contributed by atoms with van der Waals surface area (Å²) < 4.78 is 4.69. The lowest BCUT2D eigenvalue weighted by molar-refractivity contribution is -0.147. The molecule has 0 aromatic rings. The van der Waals surface area contributed by atoms with Crippen molar-refractivity contribution in [2.45, 2.75) is 59.4 Å². The molecule has 0 aliphatic rings. The van der Waals surface area contributed by atoms with Gasteiger partial charge in [0.15, 0.2) is 0 Å². The van der Waals surface area contributed by atoms with Gasteiger partial charge in [-0.2, -0.15) is 0 Å². The first kappa shape index (κ1) is 19.9. The maximum atomic E-state index is 12.3. The molecule has 21 heavy (non-hydrogen) atoms. The number of ether oxygens (including phenoxy) is 1. The molecule has 0 rings (SSSR count). The topological polar surface area (TPSA) is 58.6 Å². The van der Waals surface area contributed by atoms with E-state index in [9.17, 15) is 9.59 Å². The van der Waals surface area contributed by atoms with Gasteiger partial charge in [-0.15, -0.1) is 0 Å². The number of esters is 1. The summed E-state index contributed by atoms with van der Waals surface area (Å²) >= 11 is 0. The Balaban J connectivity index is 4.55. The van der Waals surface area contributed by atoms with Crippen molar-refractivity contribution in [2.24, 2.45) is 5.92 Å². The normalized spacial score (nSPS) is 11.6. The molecular formula is C16H32N2O3. The maximum absolute atomic E-state index is 12.3. The van der Waals surface area contributed by atoms with Gasteiger partial charge in [0.05, 0.1) is 7.11 Å². The molecule has 0 atom stereocenters. The molecule has 0 heterocycles. The average Bonchev–Trinajstić information content (AvgIpc) is 2.41. The van der Waals surface area contributed by atoms with Gasteiger partial charge in [-0.05, 0) is 26.7 Å². The van der Waals surface area contributed by atoms with E-state index in [1.165, 1.54) is 7.11 Å². The highest BCUT2D eigenvalue weighted by atomic mass is 16.5. The van der Waals surface area contributed by atoms with Crippen molar-refractivity contribution in [1.82, 2.24) is 10.2 Å². The van der Waals surface area contributed by atoms with E-state index in [0.717, 1.165) is 12.8 Å². The molecule has 0 unspecified atom stereocenters. The number of hydrogen-bond donors (Lipinski definition) is 1. The fourth-order valence-corrected chi connectivity index (χ4v) is 2.04. The number of carbonyl (C=O) groups is 2. The summed E-state index contributed by atoms with van der Waals surface area (Å²) in [4.78, 5) is 25.4. The lowest BCUT2D eigenvalue weighted by Crippen LogP contribution is -2.42. The lowest BCUT2D eigenvalue weighted by atomic mass is 10.0. The number of rotatable bonds is 9. The van der Waals surface area contributed by atoms with Crippen LogP contribution in [0.15, 0.2) is 0 Å². The largest absolute Gasteiger partial charge is 0.468 e. The summed E-state index contributed by atoms with van der Waals surface area (Å²) in [6.07, 6.45) is 2.40. The van der Waals surface area contributed by atoms with E-state index in [1.807, 2.05) is 0 Å². The number of hydrogen-bond acceptors (Lipinski definition) is 4. The zero-order chi connectivity index (χ0) is 16.5. The molecule has 124 valence electrons. The van der Waals surface area contributed by atoms with Gasteiger partial charge < -0.3 is 15.0 Å². The van der Waals surface area contributed by atoms with Crippen LogP contribution in [0.2, 0.25) is 0 Å². The molecule has 0 aliphatic heterocycles. The van der Waals surface area contributed by atoms with Crippen molar-refractivity contribution < 1.29 is 14.3 Å². The Morgan fingerprint density at radius 2 is 1.76 bits per heavy atom. The van der Waals surface area contributed by atoms with Crippen LogP contribution >= 0.6 is 0 Å². The van der Waals surface area contributed by atoms with Crippen LogP contribution in [0.3, 0.4) is 0 Å². The number of nitrogens with zero attached hydrogens (tertiary/aromatic N) is 1. The van der Waals surface area contributed by atoms with E-state index >= 15 is 0 Å². The molecular weight excluding hydrogens is 268 g/mol. The highest BCUT2D eigenvalue weighted by Gasteiger charge is 2.20. The predicted molar refractivity (Wildman–Crippen MR) is 85.0 cm³/mol. The van der Waals surface area contributed by atoms with Gasteiger partial charge in [0.2, 0.25) is 5.91 Å². The maximum Gasteiger partial charge on any atom is 0.325 e. The molecule has 0 radical (unpaired) electrons. The minimum absolute atomic E-state index is 0.00375. The van der Waals surface area contributed by atoms with Gasteiger partial charge in [0, 0.05) is 25.0 Å². The first-order chi connectivity index (χ1) is 9.73. The van der Waals surface area contributed by atoms with Crippen molar-refractivity contribution in [1.29, 1.82) is 0 Å². The van der Waals surface area contributed by atoms with Crippen LogP contribution in [0.1, 0.15) is 53.9 Å². The van der Waals surface area contributed by atoms with E-state index in [1.54, 1.807) is 4.90 Å². The standard InChI is InChI=1S/C16H32N2O3/c1-7-13(8-2)11-18(12-15(20)21-6)14(19)9-10-17-16(3,4)5/h13,17H,7-12H2,1-6H3. The van der Waals surface area contributed by atoms with E-state index in [2.05, 4.69) is 44.7 Å². The molecule has 5 nitrogen and oxygen atoms in total. The number of carbonyl (C=O) groups excluding carboxylic acids is 2. The van der Waals surface area contributed by atoms with Crippen molar-refractivity contribution in [2.75, 3.05) is 26.7 Å². The summed E-state index contributed by atoms with van der Waals surface area (Å²) in [5.41, 5.74) is -0.0111. The molecule has 0 aromatic heterocycles. The van der Waals surface area contributed by atoms with Crippen LogP contribution < -0.4 is 5.32 Å². The molecule has 0 fully saturated rings. The van der Waals surface area contributed by atoms with E-state index in [-0.39, 0.29) is 24.0 Å².